The first kappa shape index (κ1) is 12.7. The van der Waals surface area contributed by atoms with Crippen LogP contribution in [0.15, 0.2) is 0 Å². The minimum absolute atomic E-state index is 0.433. The van der Waals surface area contributed by atoms with Gasteiger partial charge in [0.1, 0.15) is 0 Å². The molecule has 2 rings (SSSR count). The third-order valence-electron chi connectivity index (χ3n) is 3.89. The van der Waals surface area contributed by atoms with Crippen LogP contribution in [0.2, 0.25) is 0 Å². The van der Waals surface area contributed by atoms with Gasteiger partial charge < -0.3 is 15.5 Å². The normalized spacial score (nSPS) is 34.1. The van der Waals surface area contributed by atoms with E-state index in [4.69, 9.17) is 5.73 Å². The van der Waals surface area contributed by atoms with Gasteiger partial charge >= 0.3 is 0 Å². The van der Waals surface area contributed by atoms with E-state index in [1.54, 1.807) is 0 Å². The number of piperidine rings is 1. The monoisotopic (exact) mass is 243 g/mol. The lowest BCUT2D eigenvalue weighted by atomic mass is 9.95. The molecule has 2 N–H and O–H groups in total. The Morgan fingerprint density at radius 1 is 1.12 bits per heavy atom. The molecule has 0 radical (unpaired) electrons. The minimum Gasteiger partial charge on any atom is -0.327 e. The van der Waals surface area contributed by atoms with Crippen molar-refractivity contribution in [3.05, 3.63) is 0 Å². The van der Waals surface area contributed by atoms with Gasteiger partial charge in [0.2, 0.25) is 0 Å². The molecular weight excluding hydrogens is 218 g/mol. The zero-order chi connectivity index (χ0) is 11.4. The average molecular weight is 243 g/mol. The van der Waals surface area contributed by atoms with Crippen LogP contribution in [0.5, 0.6) is 0 Å². The third kappa shape index (κ3) is 3.62. The summed E-state index contributed by atoms with van der Waals surface area (Å²) in [6.45, 7) is 9.75. The van der Waals surface area contributed by atoms with Gasteiger partial charge in [0.05, 0.1) is 0 Å². The van der Waals surface area contributed by atoms with Crippen molar-refractivity contribution in [2.75, 3.05) is 50.8 Å². The SMILES string of the molecule is CC1CN(CCN2CCSCC2)CCC1N. The van der Waals surface area contributed by atoms with Gasteiger partial charge in [-0.15, -0.1) is 0 Å². The summed E-state index contributed by atoms with van der Waals surface area (Å²) in [5, 5.41) is 0. The Hall–Kier alpha value is 0.230. The molecule has 0 spiro atoms. The summed E-state index contributed by atoms with van der Waals surface area (Å²) in [6.07, 6.45) is 1.18. The number of nitrogens with two attached hydrogens (primary N) is 1. The molecule has 2 fully saturated rings. The highest BCUT2D eigenvalue weighted by molar-refractivity contribution is 7.99. The molecule has 2 unspecified atom stereocenters. The van der Waals surface area contributed by atoms with E-state index in [9.17, 15) is 0 Å². The summed E-state index contributed by atoms with van der Waals surface area (Å²) in [5.74, 6) is 3.31. The number of nitrogens with zero attached hydrogens (tertiary/aromatic N) is 2. The van der Waals surface area contributed by atoms with Crippen molar-refractivity contribution in [2.24, 2.45) is 11.7 Å². The molecule has 0 aliphatic carbocycles. The van der Waals surface area contributed by atoms with E-state index >= 15 is 0 Å². The molecule has 0 aromatic heterocycles. The first-order chi connectivity index (χ1) is 7.75. The number of hydrogen-bond donors (Lipinski definition) is 1. The highest BCUT2D eigenvalue weighted by Crippen LogP contribution is 2.15. The highest BCUT2D eigenvalue weighted by Gasteiger charge is 2.23. The van der Waals surface area contributed by atoms with Crippen LogP contribution in [0.3, 0.4) is 0 Å². The molecule has 2 atom stereocenters. The standard InChI is InChI=1S/C12H25N3S/c1-11-10-15(3-2-12(11)13)5-4-14-6-8-16-9-7-14/h11-12H,2-10,13H2,1H3. The molecule has 0 aromatic carbocycles. The molecular formula is C12H25N3S. The van der Waals surface area contributed by atoms with Crippen LogP contribution in [0.25, 0.3) is 0 Å². The Labute approximate surface area is 104 Å². The van der Waals surface area contributed by atoms with Gasteiger partial charge in [-0.25, -0.2) is 0 Å². The quantitative estimate of drug-likeness (QED) is 0.791. The molecule has 94 valence electrons. The van der Waals surface area contributed by atoms with E-state index < -0.39 is 0 Å². The highest BCUT2D eigenvalue weighted by atomic mass is 32.2. The first-order valence-electron chi connectivity index (χ1n) is 6.54. The van der Waals surface area contributed by atoms with Gasteiger partial charge in [-0.05, 0) is 18.9 Å². The maximum atomic E-state index is 6.04. The molecule has 0 bridgehead atoms. The van der Waals surface area contributed by atoms with Gasteiger partial charge in [0, 0.05) is 50.3 Å². The Kier molecular flexibility index (Phi) is 4.95. The van der Waals surface area contributed by atoms with Crippen molar-refractivity contribution >= 4 is 11.8 Å². The molecule has 0 amide bonds. The van der Waals surface area contributed by atoms with Crippen LogP contribution < -0.4 is 5.73 Å². The number of hydrogen-bond acceptors (Lipinski definition) is 4. The summed E-state index contributed by atoms with van der Waals surface area (Å²) in [5.41, 5.74) is 6.04. The molecule has 16 heavy (non-hydrogen) atoms. The van der Waals surface area contributed by atoms with Crippen LogP contribution in [-0.2, 0) is 0 Å². The number of rotatable bonds is 3. The Bertz CT molecular complexity index is 206. The van der Waals surface area contributed by atoms with Gasteiger partial charge in [-0.3, -0.25) is 0 Å². The summed E-state index contributed by atoms with van der Waals surface area (Å²) in [4.78, 5) is 5.20. The molecule has 0 saturated carbocycles. The van der Waals surface area contributed by atoms with E-state index in [2.05, 4.69) is 28.5 Å². The zero-order valence-corrected chi connectivity index (χ0v) is 11.2. The number of likely N-dealkylation sites (tertiary alicyclic amines) is 1. The van der Waals surface area contributed by atoms with E-state index in [-0.39, 0.29) is 0 Å². The van der Waals surface area contributed by atoms with E-state index in [1.807, 2.05) is 0 Å². The molecule has 2 aliphatic heterocycles. The molecule has 3 nitrogen and oxygen atoms in total. The van der Waals surface area contributed by atoms with Crippen molar-refractivity contribution in [3.63, 3.8) is 0 Å². The van der Waals surface area contributed by atoms with E-state index in [0.717, 1.165) is 0 Å². The fraction of sp³-hybridized carbons (Fsp3) is 1.00. The fourth-order valence-corrected chi connectivity index (χ4v) is 3.54. The van der Waals surface area contributed by atoms with E-state index in [0.29, 0.717) is 12.0 Å². The van der Waals surface area contributed by atoms with Crippen molar-refractivity contribution < 1.29 is 0 Å². The summed E-state index contributed by atoms with van der Waals surface area (Å²) in [7, 11) is 0. The smallest absolute Gasteiger partial charge is 0.0110 e. The van der Waals surface area contributed by atoms with Gasteiger partial charge in [-0.1, -0.05) is 6.92 Å². The van der Waals surface area contributed by atoms with Crippen LogP contribution in [0.1, 0.15) is 13.3 Å². The Morgan fingerprint density at radius 2 is 1.81 bits per heavy atom. The van der Waals surface area contributed by atoms with Crippen LogP contribution in [0.4, 0.5) is 0 Å². The fourth-order valence-electron chi connectivity index (χ4n) is 2.56. The maximum Gasteiger partial charge on any atom is 0.0110 e. The number of thioether (sulfide) groups is 1. The van der Waals surface area contributed by atoms with Crippen molar-refractivity contribution in [1.29, 1.82) is 0 Å². The second-order valence-corrected chi connectivity index (χ2v) is 6.41. The van der Waals surface area contributed by atoms with Crippen molar-refractivity contribution in [2.45, 2.75) is 19.4 Å². The van der Waals surface area contributed by atoms with Gasteiger partial charge in [0.15, 0.2) is 0 Å². The zero-order valence-electron chi connectivity index (χ0n) is 10.4. The van der Waals surface area contributed by atoms with Crippen LogP contribution >= 0.6 is 11.8 Å². The summed E-state index contributed by atoms with van der Waals surface area (Å²) in [6, 6.07) is 0.433. The lowest BCUT2D eigenvalue weighted by molar-refractivity contribution is 0.144. The molecule has 2 heterocycles. The summed E-state index contributed by atoms with van der Waals surface area (Å²) < 4.78 is 0. The van der Waals surface area contributed by atoms with Gasteiger partial charge in [-0.2, -0.15) is 11.8 Å². The lowest BCUT2D eigenvalue weighted by Crippen LogP contribution is -2.48. The molecule has 2 saturated heterocycles. The largest absolute Gasteiger partial charge is 0.327 e. The second-order valence-electron chi connectivity index (χ2n) is 5.18. The third-order valence-corrected chi connectivity index (χ3v) is 4.83. The predicted molar refractivity (Wildman–Crippen MR) is 72.0 cm³/mol. The average Bonchev–Trinajstić information content (AvgIpc) is 2.32. The molecule has 2 aliphatic rings. The Morgan fingerprint density at radius 3 is 2.50 bits per heavy atom. The van der Waals surface area contributed by atoms with Gasteiger partial charge in [0.25, 0.3) is 0 Å². The molecule has 0 aromatic rings. The van der Waals surface area contributed by atoms with Crippen LogP contribution in [0, 0.1) is 5.92 Å². The summed E-state index contributed by atoms with van der Waals surface area (Å²) >= 11 is 2.09. The second kappa shape index (κ2) is 6.24. The predicted octanol–water partition coefficient (Wildman–Crippen LogP) is 0.704. The Balaban J connectivity index is 1.65. The molecule has 4 heteroatoms. The van der Waals surface area contributed by atoms with E-state index in [1.165, 1.54) is 57.2 Å². The maximum absolute atomic E-state index is 6.04. The van der Waals surface area contributed by atoms with Crippen molar-refractivity contribution in [1.82, 2.24) is 9.80 Å². The van der Waals surface area contributed by atoms with Crippen molar-refractivity contribution in [3.8, 4) is 0 Å². The lowest BCUT2D eigenvalue weighted by Gasteiger charge is -2.36. The van der Waals surface area contributed by atoms with Crippen LogP contribution in [-0.4, -0.2) is 66.6 Å². The first-order valence-corrected chi connectivity index (χ1v) is 7.69. The minimum atomic E-state index is 0.433. The topological polar surface area (TPSA) is 32.5 Å².